The zero-order chi connectivity index (χ0) is 26.6. The number of allylic oxidation sites excluding steroid dienone is 1. The van der Waals surface area contributed by atoms with Crippen molar-refractivity contribution in [3.63, 3.8) is 0 Å². The van der Waals surface area contributed by atoms with Crippen LogP contribution >= 0.6 is 7.75 Å². The lowest BCUT2D eigenvalue weighted by atomic mass is 10.1. The molecule has 1 unspecified atom stereocenters. The summed E-state index contributed by atoms with van der Waals surface area (Å²) in [4.78, 5) is 36.3. The predicted octanol–water partition coefficient (Wildman–Crippen LogP) is 2.68. The van der Waals surface area contributed by atoms with Gasteiger partial charge in [0, 0.05) is 5.92 Å². The smallest absolute Gasteiger partial charge is 0.461 e. The van der Waals surface area contributed by atoms with Crippen LogP contribution in [0.25, 0.3) is 11.2 Å². The van der Waals surface area contributed by atoms with E-state index in [0.29, 0.717) is 17.6 Å². The molecule has 3 N–H and O–H groups in total. The van der Waals surface area contributed by atoms with Crippen molar-refractivity contribution in [2.45, 2.75) is 24.9 Å². The number of para-hydroxylation sites is 1. The van der Waals surface area contributed by atoms with Crippen molar-refractivity contribution >= 4 is 36.7 Å². The number of benzene rings is 1. The summed E-state index contributed by atoms with van der Waals surface area (Å²) in [6.07, 6.45) is 6.82. The minimum Gasteiger partial charge on any atom is -0.481 e. The van der Waals surface area contributed by atoms with Crippen molar-refractivity contribution in [1.29, 1.82) is 0 Å². The Balaban J connectivity index is 1.52. The largest absolute Gasteiger partial charge is 0.481 e. The van der Waals surface area contributed by atoms with Crippen LogP contribution in [-0.2, 0) is 23.4 Å². The van der Waals surface area contributed by atoms with Crippen LogP contribution in [0.5, 0.6) is 5.75 Å². The van der Waals surface area contributed by atoms with Crippen LogP contribution < -0.4 is 10.3 Å². The number of anilines is 1. The molecular formula is C23H27N6O7P. The molecule has 13 nitrogen and oxygen atoms in total. The van der Waals surface area contributed by atoms with Gasteiger partial charge in [-0.3, -0.25) is 14.1 Å². The second-order valence-electron chi connectivity index (χ2n) is 8.41. The van der Waals surface area contributed by atoms with Gasteiger partial charge in [0.15, 0.2) is 11.5 Å². The normalized spacial score (nSPS) is 19.5. The topological polar surface area (TPSA) is 172 Å². The van der Waals surface area contributed by atoms with Crippen LogP contribution in [0.3, 0.4) is 0 Å². The van der Waals surface area contributed by atoms with E-state index in [9.17, 15) is 19.3 Å². The van der Waals surface area contributed by atoms with Gasteiger partial charge < -0.3 is 24.7 Å². The Labute approximate surface area is 212 Å². The third kappa shape index (κ3) is 5.79. The number of fused-ring (bicyclic) bond motifs is 1. The quantitative estimate of drug-likeness (QED) is 0.211. The number of carboxylic acids is 1. The minimum atomic E-state index is -4.21. The van der Waals surface area contributed by atoms with E-state index < -0.39 is 32.1 Å². The average molecular weight is 530 g/mol. The van der Waals surface area contributed by atoms with Gasteiger partial charge in [-0.2, -0.15) is 4.67 Å². The van der Waals surface area contributed by atoms with Crippen molar-refractivity contribution < 1.29 is 33.0 Å². The number of nitrogens with two attached hydrogens (primary N) is 1. The van der Waals surface area contributed by atoms with Gasteiger partial charge in [0.05, 0.1) is 32.5 Å². The Morgan fingerprint density at radius 2 is 2.00 bits per heavy atom. The number of nitrogens with zero attached hydrogens (tertiary/aromatic N) is 5. The van der Waals surface area contributed by atoms with Crippen molar-refractivity contribution in [2.24, 2.45) is 5.92 Å². The molecule has 0 radical (unpaired) electrons. The monoisotopic (exact) mass is 530 g/mol. The predicted molar refractivity (Wildman–Crippen MR) is 132 cm³/mol. The van der Waals surface area contributed by atoms with E-state index in [2.05, 4.69) is 15.0 Å². The standard InChI is InChI=1S/C23H27N6O7P/c1-28(18(11-19(30)31)23(32)34-2)37(33,36-17-6-4-3-5-7-17)35-12-15-8-9-16(10-15)29-14-27-20-21(24)25-13-26-22(20)29/h3-9,13-16,18H,10-12H2,1-2H3,(H,30,31)(H2,24,25,26)/t15-,16+,18-,37?/m0/s1. The zero-order valence-electron chi connectivity index (χ0n) is 20.2. The Bertz CT molecular complexity index is 1350. The first kappa shape index (κ1) is 26.3. The first-order valence-corrected chi connectivity index (χ1v) is 12.8. The van der Waals surface area contributed by atoms with Crippen LogP contribution in [0.1, 0.15) is 18.9 Å². The number of hydrogen-bond donors (Lipinski definition) is 2. The van der Waals surface area contributed by atoms with Gasteiger partial charge in [0.1, 0.15) is 23.6 Å². The van der Waals surface area contributed by atoms with E-state index in [4.69, 9.17) is 19.5 Å². The molecule has 1 aromatic carbocycles. The highest BCUT2D eigenvalue weighted by Crippen LogP contribution is 2.53. The number of aromatic nitrogens is 4. The molecule has 196 valence electrons. The highest BCUT2D eigenvalue weighted by atomic mass is 31.2. The first-order chi connectivity index (χ1) is 17.7. The molecular weight excluding hydrogens is 503 g/mol. The maximum atomic E-state index is 14.0. The van der Waals surface area contributed by atoms with Crippen molar-refractivity contribution in [1.82, 2.24) is 24.2 Å². The molecule has 14 heteroatoms. The summed E-state index contributed by atoms with van der Waals surface area (Å²) < 4.78 is 33.2. The molecule has 0 saturated heterocycles. The number of carbonyl (C=O) groups excluding carboxylic acids is 1. The number of carbonyl (C=O) groups is 2. The third-order valence-electron chi connectivity index (χ3n) is 5.99. The molecule has 0 saturated carbocycles. The summed E-state index contributed by atoms with van der Waals surface area (Å²) in [6, 6.07) is 6.79. The molecule has 1 aliphatic rings. The summed E-state index contributed by atoms with van der Waals surface area (Å²) >= 11 is 0. The molecule has 1 aliphatic carbocycles. The number of nitrogen functional groups attached to an aromatic ring is 1. The van der Waals surface area contributed by atoms with Crippen LogP contribution in [-0.4, -0.2) is 68.0 Å². The average Bonchev–Trinajstić information content (AvgIpc) is 3.53. The second-order valence-corrected chi connectivity index (χ2v) is 10.4. The highest BCUT2D eigenvalue weighted by Gasteiger charge is 2.43. The first-order valence-electron chi connectivity index (χ1n) is 11.4. The van der Waals surface area contributed by atoms with Crippen molar-refractivity contribution in [3.05, 3.63) is 55.1 Å². The number of carboxylic acid groups (broad SMARTS) is 1. The van der Waals surface area contributed by atoms with Gasteiger partial charge in [0.25, 0.3) is 0 Å². The van der Waals surface area contributed by atoms with E-state index in [0.717, 1.165) is 11.8 Å². The number of imidazole rings is 1. The lowest BCUT2D eigenvalue weighted by Gasteiger charge is -2.31. The molecule has 37 heavy (non-hydrogen) atoms. The Morgan fingerprint density at radius 3 is 2.70 bits per heavy atom. The highest BCUT2D eigenvalue weighted by molar-refractivity contribution is 7.51. The summed E-state index contributed by atoms with van der Waals surface area (Å²) in [5, 5.41) is 9.31. The lowest BCUT2D eigenvalue weighted by molar-refractivity contribution is -0.150. The fourth-order valence-electron chi connectivity index (χ4n) is 4.02. The molecule has 3 aromatic rings. The fourth-order valence-corrected chi connectivity index (χ4v) is 5.67. The van der Waals surface area contributed by atoms with Gasteiger partial charge in [-0.1, -0.05) is 30.4 Å². The van der Waals surface area contributed by atoms with E-state index in [1.54, 1.807) is 36.7 Å². The summed E-state index contributed by atoms with van der Waals surface area (Å²) in [5.74, 6) is -1.79. The van der Waals surface area contributed by atoms with Crippen LogP contribution in [0.2, 0.25) is 0 Å². The number of esters is 1. The van der Waals surface area contributed by atoms with Crippen molar-refractivity contribution in [2.75, 3.05) is 26.5 Å². The molecule has 2 aromatic heterocycles. The van der Waals surface area contributed by atoms with E-state index in [1.165, 1.54) is 13.4 Å². The van der Waals surface area contributed by atoms with E-state index in [1.807, 2.05) is 16.7 Å². The molecule has 2 heterocycles. The number of aliphatic carboxylic acids is 1. The number of rotatable bonds is 11. The van der Waals surface area contributed by atoms with Gasteiger partial charge in [-0.25, -0.2) is 19.5 Å². The number of ether oxygens (including phenoxy) is 1. The summed E-state index contributed by atoms with van der Waals surface area (Å²) in [6.45, 7) is -0.0217. The SMILES string of the molecule is COC(=O)[C@H](CC(=O)O)N(C)P(=O)(OC[C@H]1C=C[C@@H](n2cnc3c(N)ncnc32)C1)Oc1ccccc1. The number of likely N-dealkylation sites (N-methyl/N-ethyl adjacent to an activating group) is 1. The number of methoxy groups -OCH3 is 1. The third-order valence-corrected chi connectivity index (χ3v) is 7.96. The van der Waals surface area contributed by atoms with Gasteiger partial charge in [-0.05, 0) is 25.6 Å². The Hall–Kier alpha value is -3.80. The van der Waals surface area contributed by atoms with Crippen LogP contribution in [0.4, 0.5) is 5.82 Å². The van der Waals surface area contributed by atoms with Gasteiger partial charge >= 0.3 is 19.7 Å². The van der Waals surface area contributed by atoms with E-state index in [-0.39, 0.29) is 30.1 Å². The van der Waals surface area contributed by atoms with Crippen LogP contribution in [0.15, 0.2) is 55.1 Å². The molecule has 0 fully saturated rings. The zero-order valence-corrected chi connectivity index (χ0v) is 21.1. The van der Waals surface area contributed by atoms with Gasteiger partial charge in [-0.15, -0.1) is 0 Å². The van der Waals surface area contributed by atoms with E-state index >= 15 is 0 Å². The summed E-state index contributed by atoms with van der Waals surface area (Å²) in [7, 11) is -1.78. The Morgan fingerprint density at radius 1 is 1.24 bits per heavy atom. The summed E-state index contributed by atoms with van der Waals surface area (Å²) in [5.41, 5.74) is 6.98. The lowest BCUT2D eigenvalue weighted by Crippen LogP contribution is -2.40. The van der Waals surface area contributed by atoms with Crippen molar-refractivity contribution in [3.8, 4) is 5.75 Å². The maximum Gasteiger partial charge on any atom is 0.461 e. The van der Waals surface area contributed by atoms with Gasteiger partial charge in [0.2, 0.25) is 0 Å². The molecule has 4 atom stereocenters. The molecule has 4 rings (SSSR count). The number of hydrogen-bond acceptors (Lipinski definition) is 10. The maximum absolute atomic E-state index is 14.0. The second kappa shape index (κ2) is 11.1. The molecule has 0 amide bonds. The minimum absolute atomic E-state index is 0.0217. The van der Waals surface area contributed by atoms with Crippen LogP contribution in [0, 0.1) is 5.92 Å². The fraction of sp³-hybridized carbons (Fsp3) is 0.348. The molecule has 0 spiro atoms. The Kier molecular flexibility index (Phi) is 7.86. The molecule has 0 aliphatic heterocycles. The molecule has 0 bridgehead atoms.